The first kappa shape index (κ1) is 12.2. The van der Waals surface area contributed by atoms with Gasteiger partial charge in [-0.15, -0.1) is 10.2 Å². The van der Waals surface area contributed by atoms with Crippen molar-refractivity contribution in [2.45, 2.75) is 6.92 Å². The maximum absolute atomic E-state index is 6.08. The van der Waals surface area contributed by atoms with E-state index in [1.807, 2.05) is 47.7 Å². The van der Waals surface area contributed by atoms with Gasteiger partial charge in [-0.25, -0.2) is 9.97 Å². The molecule has 4 rings (SSSR count). The number of halogens is 1. The quantitative estimate of drug-likeness (QED) is 0.540. The molecule has 0 unspecified atom stereocenters. The third kappa shape index (κ3) is 1.86. The normalized spacial score (nSPS) is 11.3. The van der Waals surface area contributed by atoms with Crippen molar-refractivity contribution in [3.63, 3.8) is 0 Å². The number of pyridine rings is 1. The predicted molar refractivity (Wildman–Crippen MR) is 81.3 cm³/mol. The van der Waals surface area contributed by atoms with Crippen molar-refractivity contribution >= 4 is 28.4 Å². The molecule has 0 spiro atoms. The summed E-state index contributed by atoms with van der Waals surface area (Å²) < 4.78 is 1.92. The minimum Gasteiger partial charge on any atom is -0.256 e. The molecule has 0 saturated carbocycles. The Balaban J connectivity index is 2.16. The fourth-order valence-corrected chi connectivity index (χ4v) is 2.60. The summed E-state index contributed by atoms with van der Waals surface area (Å²) in [6, 6.07) is 11.3. The van der Waals surface area contributed by atoms with E-state index in [0.29, 0.717) is 16.5 Å². The second kappa shape index (κ2) is 4.49. The number of hydrogen-bond acceptors (Lipinski definition) is 4. The van der Waals surface area contributed by atoms with Crippen LogP contribution in [-0.2, 0) is 0 Å². The average Bonchev–Trinajstić information content (AvgIpc) is 2.93. The molecule has 0 saturated heterocycles. The Bertz CT molecular complexity index is 976. The number of nitrogens with zero attached hydrogens (tertiary/aromatic N) is 5. The molecule has 0 aliphatic rings. The molecule has 0 N–H and O–H groups in total. The van der Waals surface area contributed by atoms with Crippen LogP contribution in [0.2, 0.25) is 5.02 Å². The molecule has 0 fully saturated rings. The number of aromatic nitrogens is 5. The van der Waals surface area contributed by atoms with E-state index in [-0.39, 0.29) is 0 Å². The van der Waals surface area contributed by atoms with Crippen LogP contribution in [0, 0.1) is 6.92 Å². The molecule has 4 aromatic rings. The van der Waals surface area contributed by atoms with Gasteiger partial charge in [-0.2, -0.15) is 0 Å². The highest BCUT2D eigenvalue weighted by Gasteiger charge is 2.14. The van der Waals surface area contributed by atoms with Crippen molar-refractivity contribution in [1.82, 2.24) is 24.6 Å². The summed E-state index contributed by atoms with van der Waals surface area (Å²) in [4.78, 5) is 8.94. The standard InChI is InChI=1S/C15H10ClN5/c1-9-13-19-20-14(10-4-2-5-11(16)8-10)21(13)15-12(18-9)6-3-7-17-15/h2-8H,1H3. The molecule has 0 atom stereocenters. The molecule has 0 amide bonds. The molecule has 0 aliphatic heterocycles. The Morgan fingerprint density at radius 1 is 1.05 bits per heavy atom. The average molecular weight is 296 g/mol. The highest BCUT2D eigenvalue weighted by atomic mass is 35.5. The van der Waals surface area contributed by atoms with Crippen LogP contribution in [0.15, 0.2) is 42.6 Å². The molecule has 21 heavy (non-hydrogen) atoms. The van der Waals surface area contributed by atoms with Crippen LogP contribution >= 0.6 is 11.6 Å². The zero-order valence-corrected chi connectivity index (χ0v) is 11.9. The third-order valence-electron chi connectivity index (χ3n) is 3.34. The van der Waals surface area contributed by atoms with Crippen LogP contribution in [-0.4, -0.2) is 24.6 Å². The van der Waals surface area contributed by atoms with Crippen LogP contribution in [0.4, 0.5) is 0 Å². The van der Waals surface area contributed by atoms with Crippen molar-refractivity contribution in [2.24, 2.45) is 0 Å². The van der Waals surface area contributed by atoms with Gasteiger partial charge in [0.1, 0.15) is 5.52 Å². The van der Waals surface area contributed by atoms with Gasteiger partial charge in [-0.3, -0.25) is 4.40 Å². The summed E-state index contributed by atoms with van der Waals surface area (Å²) in [6.45, 7) is 1.91. The summed E-state index contributed by atoms with van der Waals surface area (Å²) in [5, 5.41) is 9.19. The molecule has 0 aliphatic carbocycles. The largest absolute Gasteiger partial charge is 0.256 e. The third-order valence-corrected chi connectivity index (χ3v) is 3.57. The smallest absolute Gasteiger partial charge is 0.184 e. The Labute approximate surface area is 125 Å². The van der Waals surface area contributed by atoms with E-state index < -0.39 is 0 Å². The molecule has 3 heterocycles. The number of hydrogen-bond donors (Lipinski definition) is 0. The van der Waals surface area contributed by atoms with Crippen LogP contribution in [0.25, 0.3) is 28.2 Å². The van der Waals surface area contributed by atoms with E-state index in [1.165, 1.54) is 0 Å². The molecule has 0 radical (unpaired) electrons. The number of benzene rings is 1. The monoisotopic (exact) mass is 295 g/mol. The van der Waals surface area contributed by atoms with E-state index in [2.05, 4.69) is 20.2 Å². The second-order valence-electron chi connectivity index (χ2n) is 4.74. The van der Waals surface area contributed by atoms with E-state index in [0.717, 1.165) is 22.4 Å². The minimum atomic E-state index is 0.660. The maximum Gasteiger partial charge on any atom is 0.184 e. The van der Waals surface area contributed by atoms with Gasteiger partial charge < -0.3 is 0 Å². The lowest BCUT2D eigenvalue weighted by Gasteiger charge is -2.05. The van der Waals surface area contributed by atoms with Gasteiger partial charge in [0.05, 0.1) is 5.69 Å². The van der Waals surface area contributed by atoms with Gasteiger partial charge in [-0.05, 0) is 31.2 Å². The first-order chi connectivity index (χ1) is 10.2. The van der Waals surface area contributed by atoms with Crippen molar-refractivity contribution in [3.8, 4) is 11.4 Å². The maximum atomic E-state index is 6.08. The topological polar surface area (TPSA) is 56.0 Å². The molecular formula is C15H10ClN5. The second-order valence-corrected chi connectivity index (χ2v) is 5.17. The lowest BCUT2D eigenvalue weighted by molar-refractivity contribution is 1.11. The zero-order chi connectivity index (χ0) is 14.4. The van der Waals surface area contributed by atoms with E-state index in [1.54, 1.807) is 6.20 Å². The van der Waals surface area contributed by atoms with Gasteiger partial charge in [0, 0.05) is 16.8 Å². The lowest BCUT2D eigenvalue weighted by atomic mass is 10.2. The molecule has 102 valence electrons. The molecule has 6 heteroatoms. The fourth-order valence-electron chi connectivity index (χ4n) is 2.41. The van der Waals surface area contributed by atoms with Crippen molar-refractivity contribution in [1.29, 1.82) is 0 Å². The molecule has 1 aromatic carbocycles. The minimum absolute atomic E-state index is 0.660. The lowest BCUT2D eigenvalue weighted by Crippen LogP contribution is -1.99. The Hall–Kier alpha value is -2.53. The summed E-state index contributed by atoms with van der Waals surface area (Å²) in [5.74, 6) is 0.710. The van der Waals surface area contributed by atoms with E-state index >= 15 is 0 Å². The Morgan fingerprint density at radius 2 is 1.95 bits per heavy atom. The summed E-state index contributed by atoms with van der Waals surface area (Å²) in [5.41, 5.74) is 3.96. The van der Waals surface area contributed by atoms with Gasteiger partial charge in [0.15, 0.2) is 17.1 Å². The zero-order valence-electron chi connectivity index (χ0n) is 11.2. The summed E-state index contributed by atoms with van der Waals surface area (Å²) in [6.07, 6.45) is 1.74. The van der Waals surface area contributed by atoms with Crippen LogP contribution in [0.1, 0.15) is 5.69 Å². The van der Waals surface area contributed by atoms with Gasteiger partial charge in [0.2, 0.25) is 0 Å². The molecule has 0 bridgehead atoms. The first-order valence-electron chi connectivity index (χ1n) is 6.46. The predicted octanol–water partition coefficient (Wildman–Crippen LogP) is 3.30. The van der Waals surface area contributed by atoms with Crippen LogP contribution < -0.4 is 0 Å². The van der Waals surface area contributed by atoms with Gasteiger partial charge >= 0.3 is 0 Å². The van der Waals surface area contributed by atoms with E-state index in [4.69, 9.17) is 11.6 Å². The number of rotatable bonds is 1. The van der Waals surface area contributed by atoms with Gasteiger partial charge in [-0.1, -0.05) is 23.7 Å². The molecule has 5 nitrogen and oxygen atoms in total. The van der Waals surface area contributed by atoms with E-state index in [9.17, 15) is 0 Å². The van der Waals surface area contributed by atoms with Gasteiger partial charge in [0.25, 0.3) is 0 Å². The first-order valence-corrected chi connectivity index (χ1v) is 6.84. The Kier molecular flexibility index (Phi) is 2.62. The number of fused-ring (bicyclic) bond motifs is 3. The Morgan fingerprint density at radius 3 is 2.81 bits per heavy atom. The van der Waals surface area contributed by atoms with Crippen molar-refractivity contribution in [3.05, 3.63) is 53.3 Å². The molecular weight excluding hydrogens is 286 g/mol. The van der Waals surface area contributed by atoms with Crippen molar-refractivity contribution in [2.75, 3.05) is 0 Å². The fraction of sp³-hybridized carbons (Fsp3) is 0.0667. The molecule has 3 aromatic heterocycles. The summed E-state index contributed by atoms with van der Waals surface area (Å²) >= 11 is 6.08. The SMILES string of the molecule is Cc1nc2cccnc2n2c(-c3cccc(Cl)c3)nnc12. The van der Waals surface area contributed by atoms with Crippen LogP contribution in [0.5, 0.6) is 0 Å². The van der Waals surface area contributed by atoms with Crippen molar-refractivity contribution < 1.29 is 0 Å². The highest BCUT2D eigenvalue weighted by Crippen LogP contribution is 2.25. The highest BCUT2D eigenvalue weighted by molar-refractivity contribution is 6.30. The number of aryl methyl sites for hydroxylation is 1. The summed E-state index contributed by atoms with van der Waals surface area (Å²) in [7, 11) is 0. The van der Waals surface area contributed by atoms with Crippen LogP contribution in [0.3, 0.4) is 0 Å².